The van der Waals surface area contributed by atoms with Gasteiger partial charge in [-0.05, 0) is 37.5 Å². The van der Waals surface area contributed by atoms with E-state index in [1.165, 1.54) is 31.4 Å². The van der Waals surface area contributed by atoms with Crippen molar-refractivity contribution in [1.29, 1.82) is 0 Å². The van der Waals surface area contributed by atoms with Crippen molar-refractivity contribution in [2.24, 2.45) is 0 Å². The molecule has 0 saturated heterocycles. The monoisotopic (exact) mass is 282 g/mol. The number of halogens is 1. The van der Waals surface area contributed by atoms with Crippen LogP contribution in [0.4, 0.5) is 11.4 Å². The number of benzene rings is 1. The smallest absolute Gasteiger partial charge is 0.0603 e. The van der Waals surface area contributed by atoms with Gasteiger partial charge in [-0.2, -0.15) is 0 Å². The molecule has 0 radical (unpaired) electrons. The van der Waals surface area contributed by atoms with E-state index in [0.717, 1.165) is 22.7 Å². The average molecular weight is 283 g/mol. The maximum Gasteiger partial charge on any atom is 0.0603 e. The molecule has 0 heterocycles. The molecule has 1 aliphatic rings. The number of nitrogens with zero attached hydrogens (tertiary/aromatic N) is 1. The maximum absolute atomic E-state index is 6.09. The van der Waals surface area contributed by atoms with Crippen LogP contribution in [0.3, 0.4) is 0 Å². The molecule has 88 valence electrons. The Hall–Kier alpha value is -0.700. The summed E-state index contributed by atoms with van der Waals surface area (Å²) in [4.78, 5) is 2.48. The summed E-state index contributed by atoms with van der Waals surface area (Å²) in [7, 11) is 0. The Balaban J connectivity index is 2.17. The van der Waals surface area contributed by atoms with Gasteiger partial charge in [-0.15, -0.1) is 0 Å². The number of hydrogen-bond acceptors (Lipinski definition) is 2. The molecule has 0 atom stereocenters. The molecule has 1 aromatic rings. The number of unbranched alkanes of at least 4 members (excludes halogenated alkanes) is 1. The van der Waals surface area contributed by atoms with Crippen LogP contribution in [0.1, 0.15) is 32.6 Å². The fourth-order valence-electron chi connectivity index (χ4n) is 2.00. The van der Waals surface area contributed by atoms with Crippen molar-refractivity contribution in [2.45, 2.75) is 38.6 Å². The van der Waals surface area contributed by atoms with Crippen LogP contribution in [0.2, 0.25) is 0 Å². The summed E-state index contributed by atoms with van der Waals surface area (Å²) in [5, 5.41) is 0. The van der Waals surface area contributed by atoms with Crippen molar-refractivity contribution >= 4 is 27.3 Å². The Morgan fingerprint density at radius 1 is 1.44 bits per heavy atom. The first-order valence-electron chi connectivity index (χ1n) is 6.04. The van der Waals surface area contributed by atoms with E-state index >= 15 is 0 Å². The average Bonchev–Trinajstić information content (AvgIpc) is 3.05. The number of rotatable bonds is 5. The first-order valence-corrected chi connectivity index (χ1v) is 6.83. The second-order valence-electron chi connectivity index (χ2n) is 4.48. The van der Waals surface area contributed by atoms with Crippen molar-refractivity contribution in [3.8, 4) is 0 Å². The van der Waals surface area contributed by atoms with Crippen molar-refractivity contribution in [3.63, 3.8) is 0 Å². The van der Waals surface area contributed by atoms with Gasteiger partial charge < -0.3 is 10.6 Å². The molecule has 1 saturated carbocycles. The predicted molar refractivity (Wildman–Crippen MR) is 73.8 cm³/mol. The number of nitrogen functional groups attached to an aromatic ring is 1. The third-order valence-electron chi connectivity index (χ3n) is 3.04. The molecule has 0 amide bonds. The molecule has 16 heavy (non-hydrogen) atoms. The third-order valence-corrected chi connectivity index (χ3v) is 3.53. The van der Waals surface area contributed by atoms with Crippen LogP contribution in [-0.4, -0.2) is 12.6 Å². The van der Waals surface area contributed by atoms with E-state index in [4.69, 9.17) is 5.73 Å². The second-order valence-corrected chi connectivity index (χ2v) is 5.40. The van der Waals surface area contributed by atoms with Crippen molar-refractivity contribution in [1.82, 2.24) is 0 Å². The first kappa shape index (κ1) is 11.8. The molecule has 3 heteroatoms. The van der Waals surface area contributed by atoms with E-state index in [1.54, 1.807) is 0 Å². The van der Waals surface area contributed by atoms with Crippen LogP contribution in [0.25, 0.3) is 0 Å². The van der Waals surface area contributed by atoms with Crippen molar-refractivity contribution < 1.29 is 0 Å². The zero-order chi connectivity index (χ0) is 11.5. The lowest BCUT2D eigenvalue weighted by atomic mass is 10.2. The van der Waals surface area contributed by atoms with E-state index < -0.39 is 0 Å². The zero-order valence-electron chi connectivity index (χ0n) is 9.75. The van der Waals surface area contributed by atoms with Crippen LogP contribution < -0.4 is 10.6 Å². The van der Waals surface area contributed by atoms with Crippen LogP contribution >= 0.6 is 15.9 Å². The van der Waals surface area contributed by atoms with Crippen LogP contribution in [-0.2, 0) is 0 Å². The van der Waals surface area contributed by atoms with E-state index in [9.17, 15) is 0 Å². The Morgan fingerprint density at radius 3 is 2.75 bits per heavy atom. The highest BCUT2D eigenvalue weighted by molar-refractivity contribution is 9.10. The zero-order valence-corrected chi connectivity index (χ0v) is 11.3. The molecule has 2 rings (SSSR count). The van der Waals surface area contributed by atoms with Gasteiger partial charge in [0.05, 0.1) is 11.4 Å². The predicted octanol–water partition coefficient (Wildman–Crippen LogP) is 3.80. The highest BCUT2D eigenvalue weighted by atomic mass is 79.9. The van der Waals surface area contributed by atoms with E-state index in [2.05, 4.69) is 39.9 Å². The third kappa shape index (κ3) is 2.70. The van der Waals surface area contributed by atoms with Crippen molar-refractivity contribution in [3.05, 3.63) is 22.7 Å². The summed E-state index contributed by atoms with van der Waals surface area (Å²) in [5.74, 6) is 0. The van der Waals surface area contributed by atoms with Gasteiger partial charge in [-0.1, -0.05) is 29.3 Å². The van der Waals surface area contributed by atoms with Gasteiger partial charge in [0.15, 0.2) is 0 Å². The Kier molecular flexibility index (Phi) is 3.74. The van der Waals surface area contributed by atoms with Gasteiger partial charge in [0.25, 0.3) is 0 Å². The van der Waals surface area contributed by atoms with Gasteiger partial charge in [-0.3, -0.25) is 0 Å². The van der Waals surface area contributed by atoms with Gasteiger partial charge in [0.2, 0.25) is 0 Å². The SMILES string of the molecule is CCCCN(c1ccc(Br)cc1N)C1CC1. The quantitative estimate of drug-likeness (QED) is 0.833. The van der Waals surface area contributed by atoms with Gasteiger partial charge in [-0.25, -0.2) is 0 Å². The first-order chi connectivity index (χ1) is 7.72. The minimum Gasteiger partial charge on any atom is -0.397 e. The molecule has 0 aliphatic heterocycles. The van der Waals surface area contributed by atoms with Crippen molar-refractivity contribution in [2.75, 3.05) is 17.2 Å². The van der Waals surface area contributed by atoms with Gasteiger partial charge >= 0.3 is 0 Å². The van der Waals surface area contributed by atoms with Gasteiger partial charge in [0.1, 0.15) is 0 Å². The summed E-state index contributed by atoms with van der Waals surface area (Å²) in [6.45, 7) is 3.36. The standard InChI is InChI=1S/C13H19BrN2/c1-2-3-8-16(11-5-6-11)13-7-4-10(14)9-12(13)15/h4,7,9,11H,2-3,5-6,8,15H2,1H3. The molecular weight excluding hydrogens is 264 g/mol. The molecule has 2 nitrogen and oxygen atoms in total. The lowest BCUT2D eigenvalue weighted by molar-refractivity contribution is 0.714. The fourth-order valence-corrected chi connectivity index (χ4v) is 2.38. The van der Waals surface area contributed by atoms with Crippen LogP contribution in [0.15, 0.2) is 22.7 Å². The minimum atomic E-state index is 0.732. The maximum atomic E-state index is 6.09. The second kappa shape index (κ2) is 5.09. The van der Waals surface area contributed by atoms with Crippen LogP contribution in [0.5, 0.6) is 0 Å². The van der Waals surface area contributed by atoms with E-state index in [0.29, 0.717) is 0 Å². The molecule has 0 unspecified atom stereocenters. The van der Waals surface area contributed by atoms with Crippen LogP contribution in [0, 0.1) is 0 Å². The molecule has 0 aromatic heterocycles. The molecule has 0 spiro atoms. The number of nitrogens with two attached hydrogens (primary N) is 1. The lowest BCUT2D eigenvalue weighted by Crippen LogP contribution is -2.27. The summed E-state index contributed by atoms with van der Waals surface area (Å²) in [6, 6.07) is 6.94. The summed E-state index contributed by atoms with van der Waals surface area (Å²) in [6.07, 6.45) is 5.12. The Labute approximate surface area is 106 Å². The normalized spacial score (nSPS) is 15.1. The summed E-state index contributed by atoms with van der Waals surface area (Å²) >= 11 is 3.45. The van der Waals surface area contributed by atoms with E-state index in [-0.39, 0.29) is 0 Å². The fraction of sp³-hybridized carbons (Fsp3) is 0.538. The minimum absolute atomic E-state index is 0.732. The summed E-state index contributed by atoms with van der Waals surface area (Å²) < 4.78 is 1.06. The molecular formula is C13H19BrN2. The summed E-state index contributed by atoms with van der Waals surface area (Å²) in [5.41, 5.74) is 8.18. The number of hydrogen-bond donors (Lipinski definition) is 1. The highest BCUT2D eigenvalue weighted by Gasteiger charge is 2.29. The topological polar surface area (TPSA) is 29.3 Å². The van der Waals surface area contributed by atoms with E-state index in [1.807, 2.05) is 6.07 Å². The Bertz CT molecular complexity index is 361. The molecule has 0 bridgehead atoms. The highest BCUT2D eigenvalue weighted by Crippen LogP contribution is 2.36. The largest absolute Gasteiger partial charge is 0.397 e. The molecule has 1 aliphatic carbocycles. The molecule has 1 fully saturated rings. The Morgan fingerprint density at radius 2 is 2.19 bits per heavy atom. The van der Waals surface area contributed by atoms with Gasteiger partial charge in [0, 0.05) is 17.1 Å². The number of anilines is 2. The molecule has 2 N–H and O–H groups in total. The lowest BCUT2D eigenvalue weighted by Gasteiger charge is -2.26. The molecule has 1 aromatic carbocycles.